The number of fused-ring (bicyclic) bond motifs is 4. The molecule has 156 valence electrons. The third-order valence-corrected chi connectivity index (χ3v) is 5.68. The highest BCUT2D eigenvalue weighted by Crippen LogP contribution is 2.35. The van der Waals surface area contributed by atoms with Crippen LogP contribution in [0.15, 0.2) is 16.9 Å². The van der Waals surface area contributed by atoms with Crippen molar-refractivity contribution < 1.29 is 23.1 Å². The zero-order valence-electron chi connectivity index (χ0n) is 16.4. The maximum atomic E-state index is 12.8. The number of carbonyl (C=O) groups is 2. The van der Waals surface area contributed by atoms with Gasteiger partial charge in [-0.25, -0.2) is 8.42 Å². The summed E-state index contributed by atoms with van der Waals surface area (Å²) in [4.78, 5) is 37.0. The molecule has 1 aromatic heterocycles. The fourth-order valence-corrected chi connectivity index (χ4v) is 4.60. The molecule has 2 aliphatic rings. The van der Waals surface area contributed by atoms with Crippen molar-refractivity contribution in [3.05, 3.63) is 33.7 Å². The van der Waals surface area contributed by atoms with Crippen LogP contribution in [-0.4, -0.2) is 79.5 Å². The van der Waals surface area contributed by atoms with Crippen molar-refractivity contribution in [1.29, 1.82) is 0 Å². The van der Waals surface area contributed by atoms with Crippen molar-refractivity contribution in [2.45, 2.75) is 25.4 Å². The number of carbonyl (C=O) groups excluding carboxylic acids is 1. The topological polar surface area (TPSA) is 117 Å². The molecule has 2 aliphatic heterocycles. The van der Waals surface area contributed by atoms with Gasteiger partial charge < -0.3 is 19.5 Å². The molecule has 3 rings (SSSR count). The largest absolute Gasteiger partial charge is 0.483 e. The van der Waals surface area contributed by atoms with E-state index in [-0.39, 0.29) is 29.8 Å². The first-order valence-corrected chi connectivity index (χ1v) is 11.0. The van der Waals surface area contributed by atoms with Crippen LogP contribution < -0.4 is 5.56 Å². The lowest BCUT2D eigenvalue weighted by Gasteiger charge is -2.43. The molecule has 2 atom stereocenters. The van der Waals surface area contributed by atoms with E-state index >= 15 is 0 Å². The van der Waals surface area contributed by atoms with E-state index in [0.717, 1.165) is 23.9 Å². The third-order valence-electron chi connectivity index (χ3n) is 4.91. The fourth-order valence-electron chi connectivity index (χ4n) is 3.97. The number of sulfone groups is 1. The molecule has 9 nitrogen and oxygen atoms in total. The van der Waals surface area contributed by atoms with Gasteiger partial charge in [-0.2, -0.15) is 0 Å². The second-order valence-corrected chi connectivity index (χ2v) is 9.85. The quantitative estimate of drug-likeness (QED) is 0.668. The molecule has 10 heteroatoms. The van der Waals surface area contributed by atoms with Gasteiger partial charge in [-0.05, 0) is 32.5 Å². The summed E-state index contributed by atoms with van der Waals surface area (Å²) in [6.07, 6.45) is 2.02. The van der Waals surface area contributed by atoms with E-state index in [9.17, 15) is 18.0 Å². The summed E-state index contributed by atoms with van der Waals surface area (Å²) in [6, 6.07) is 3.87. The van der Waals surface area contributed by atoms with Crippen LogP contribution in [0.4, 0.5) is 0 Å². The predicted octanol–water partition coefficient (Wildman–Crippen LogP) is -0.399. The van der Waals surface area contributed by atoms with E-state index in [1.54, 1.807) is 4.90 Å². The lowest BCUT2D eigenvalue weighted by Crippen LogP contribution is -2.50. The normalized spacial score (nSPS) is 20.8. The van der Waals surface area contributed by atoms with Gasteiger partial charge in [0.05, 0.1) is 0 Å². The van der Waals surface area contributed by atoms with Crippen molar-refractivity contribution in [2.24, 2.45) is 5.92 Å². The highest BCUT2D eigenvalue weighted by Gasteiger charge is 2.37. The van der Waals surface area contributed by atoms with Crippen molar-refractivity contribution in [3.63, 3.8) is 0 Å². The van der Waals surface area contributed by atoms with Crippen molar-refractivity contribution in [3.8, 4) is 0 Å². The molecule has 1 fully saturated rings. The van der Waals surface area contributed by atoms with Gasteiger partial charge in [-0.3, -0.25) is 14.4 Å². The van der Waals surface area contributed by atoms with Crippen LogP contribution in [0, 0.1) is 5.92 Å². The summed E-state index contributed by atoms with van der Waals surface area (Å²) in [5.41, 5.74) is 1.79. The number of amides is 1. The number of piperidine rings is 1. The molecule has 0 radical (unpaired) electrons. The van der Waals surface area contributed by atoms with Gasteiger partial charge in [0.15, 0.2) is 9.84 Å². The average molecular weight is 413 g/mol. The van der Waals surface area contributed by atoms with E-state index < -0.39 is 15.6 Å². The van der Waals surface area contributed by atoms with Gasteiger partial charge in [-0.15, -0.1) is 0 Å². The molecule has 1 aromatic rings. The lowest BCUT2D eigenvalue weighted by atomic mass is 9.83. The standard InChI is InChI=1S/C17H25N3O4S.CH2O2/c1-18(2)9-13-4-5-15-14-6-12(8-20(15)17(13)22)7-19(10-14)16(21)11-25(3,23)24;2-1-3/h4-5,12,14H,6-11H2,1-3H3;1H,(H,2,3)/t12-,14+;/m0./s1. The number of carboxylic acid groups (broad SMARTS) is 1. The summed E-state index contributed by atoms with van der Waals surface area (Å²) in [5, 5.41) is 6.89. The highest BCUT2D eigenvalue weighted by atomic mass is 32.2. The first-order valence-electron chi connectivity index (χ1n) is 8.96. The van der Waals surface area contributed by atoms with Crippen LogP contribution in [0.25, 0.3) is 0 Å². The first-order chi connectivity index (χ1) is 13.1. The van der Waals surface area contributed by atoms with Gasteiger partial charge in [0.25, 0.3) is 12.0 Å². The minimum absolute atomic E-state index is 0.0526. The summed E-state index contributed by atoms with van der Waals surface area (Å²) in [7, 11) is 0.536. The van der Waals surface area contributed by atoms with E-state index in [1.807, 2.05) is 35.7 Å². The number of pyridine rings is 1. The molecule has 2 bridgehead atoms. The molecule has 0 aromatic carbocycles. The van der Waals surface area contributed by atoms with E-state index in [0.29, 0.717) is 26.2 Å². The Morgan fingerprint density at radius 3 is 2.50 bits per heavy atom. The van der Waals surface area contributed by atoms with Crippen molar-refractivity contribution in [2.75, 3.05) is 39.2 Å². The second kappa shape index (κ2) is 8.87. The monoisotopic (exact) mass is 413 g/mol. The van der Waals surface area contributed by atoms with E-state index in [1.165, 1.54) is 0 Å². The van der Waals surface area contributed by atoms with Gasteiger partial charge in [-0.1, -0.05) is 6.07 Å². The van der Waals surface area contributed by atoms with E-state index in [2.05, 4.69) is 0 Å². The number of likely N-dealkylation sites (tertiary alicyclic amines) is 1. The Bertz CT molecular complexity index is 893. The Morgan fingerprint density at radius 1 is 1.29 bits per heavy atom. The van der Waals surface area contributed by atoms with Crippen molar-refractivity contribution in [1.82, 2.24) is 14.4 Å². The van der Waals surface area contributed by atoms with Crippen LogP contribution in [0.2, 0.25) is 0 Å². The van der Waals surface area contributed by atoms with Crippen LogP contribution >= 0.6 is 0 Å². The van der Waals surface area contributed by atoms with Gasteiger partial charge in [0.2, 0.25) is 5.91 Å². The maximum absolute atomic E-state index is 12.8. The molecule has 1 N–H and O–H groups in total. The Balaban J connectivity index is 0.000000878. The number of rotatable bonds is 4. The summed E-state index contributed by atoms with van der Waals surface area (Å²) in [5.74, 6) is -0.488. The summed E-state index contributed by atoms with van der Waals surface area (Å²) >= 11 is 0. The smallest absolute Gasteiger partial charge is 0.290 e. The van der Waals surface area contributed by atoms with E-state index in [4.69, 9.17) is 9.90 Å². The zero-order valence-corrected chi connectivity index (χ0v) is 17.2. The number of nitrogens with zero attached hydrogens (tertiary/aromatic N) is 3. The average Bonchev–Trinajstić information content (AvgIpc) is 2.56. The van der Waals surface area contributed by atoms with Crippen LogP contribution in [-0.2, 0) is 32.5 Å². The van der Waals surface area contributed by atoms with Crippen LogP contribution in [0.1, 0.15) is 23.6 Å². The highest BCUT2D eigenvalue weighted by molar-refractivity contribution is 7.91. The van der Waals surface area contributed by atoms with Gasteiger partial charge >= 0.3 is 0 Å². The second-order valence-electron chi connectivity index (χ2n) is 7.71. The Kier molecular flexibility index (Phi) is 7.00. The van der Waals surface area contributed by atoms with Crippen molar-refractivity contribution >= 4 is 22.2 Å². The van der Waals surface area contributed by atoms with Crippen LogP contribution in [0.3, 0.4) is 0 Å². The predicted molar refractivity (Wildman–Crippen MR) is 104 cm³/mol. The first kappa shape index (κ1) is 22.1. The lowest BCUT2D eigenvalue weighted by molar-refractivity contribution is -0.131. The molecule has 0 unspecified atom stereocenters. The molecule has 1 saturated heterocycles. The molecule has 0 spiro atoms. The zero-order chi connectivity index (χ0) is 21.1. The Morgan fingerprint density at radius 2 is 1.93 bits per heavy atom. The molecule has 3 heterocycles. The number of hydrogen-bond acceptors (Lipinski definition) is 6. The molecular weight excluding hydrogens is 386 g/mol. The molecule has 0 aliphatic carbocycles. The summed E-state index contributed by atoms with van der Waals surface area (Å²) < 4.78 is 24.7. The Hall–Kier alpha value is -2.20. The third kappa shape index (κ3) is 5.41. The minimum Gasteiger partial charge on any atom is -0.483 e. The SMILES string of the molecule is CN(C)Cc1ccc2n(c1=O)C[C@H]1C[C@@H]2CN(C(=O)CS(C)(=O)=O)C1.O=CO. The number of aromatic nitrogens is 1. The molecule has 28 heavy (non-hydrogen) atoms. The molecule has 0 saturated carbocycles. The van der Waals surface area contributed by atoms with Gasteiger partial charge in [0.1, 0.15) is 5.75 Å². The maximum Gasteiger partial charge on any atom is 0.290 e. The van der Waals surface area contributed by atoms with Crippen LogP contribution in [0.5, 0.6) is 0 Å². The summed E-state index contributed by atoms with van der Waals surface area (Å²) in [6.45, 7) is 1.95. The Labute approximate surface area is 164 Å². The molecule has 1 amide bonds. The number of hydrogen-bond donors (Lipinski definition) is 1. The molecular formula is C18H27N3O6S. The van der Waals surface area contributed by atoms with Gasteiger partial charge in [0, 0.05) is 49.6 Å². The fraction of sp³-hybridized carbons (Fsp3) is 0.611. The minimum atomic E-state index is -3.33.